The second-order valence-corrected chi connectivity index (χ2v) is 11.3. The fourth-order valence-corrected chi connectivity index (χ4v) is 5.66. The number of hydrogen-bond acceptors (Lipinski definition) is 7. The zero-order valence-corrected chi connectivity index (χ0v) is 22.5. The molecule has 214 valence electrons. The predicted octanol–water partition coefficient (Wildman–Crippen LogP) is 4.98. The second-order valence-electron chi connectivity index (χ2n) is 9.61. The highest BCUT2D eigenvalue weighted by Crippen LogP contribution is 2.36. The molecular formula is C29H27F3N4O4S. The lowest BCUT2D eigenvalue weighted by Crippen LogP contribution is -2.36. The van der Waals surface area contributed by atoms with Crippen molar-refractivity contribution < 1.29 is 31.4 Å². The number of fused-ring (bicyclic) bond motifs is 1. The van der Waals surface area contributed by atoms with Crippen molar-refractivity contribution in [3.8, 4) is 16.9 Å². The summed E-state index contributed by atoms with van der Waals surface area (Å²) in [4.78, 5) is 7.45. The molecule has 0 bridgehead atoms. The Morgan fingerprint density at radius 2 is 1.76 bits per heavy atom. The highest BCUT2D eigenvalue weighted by Gasteiger charge is 2.34. The molecule has 4 aromatic rings. The molecule has 41 heavy (non-hydrogen) atoms. The van der Waals surface area contributed by atoms with Crippen molar-refractivity contribution in [1.82, 2.24) is 15.3 Å². The summed E-state index contributed by atoms with van der Waals surface area (Å²) in [6.45, 7) is 0.955. The van der Waals surface area contributed by atoms with Crippen molar-refractivity contribution >= 4 is 15.7 Å². The van der Waals surface area contributed by atoms with Gasteiger partial charge in [0, 0.05) is 37.2 Å². The van der Waals surface area contributed by atoms with Crippen LogP contribution in [0.15, 0.2) is 90.3 Å². The number of aromatic nitrogens is 2. The number of benzene rings is 2. The van der Waals surface area contributed by atoms with Crippen LogP contribution < -0.4 is 14.8 Å². The van der Waals surface area contributed by atoms with E-state index in [-0.39, 0.29) is 11.0 Å². The van der Waals surface area contributed by atoms with Crippen molar-refractivity contribution in [2.75, 3.05) is 17.8 Å². The molecule has 5 rings (SSSR count). The third-order valence-corrected chi connectivity index (χ3v) is 8.12. The smallest absolute Gasteiger partial charge is 0.418 e. The Hall–Kier alpha value is -4.00. The average molecular weight is 585 g/mol. The molecule has 3 N–H and O–H groups in total. The lowest BCUT2D eigenvalue weighted by molar-refractivity contribution is -0.136. The summed E-state index contributed by atoms with van der Waals surface area (Å²) >= 11 is 0. The van der Waals surface area contributed by atoms with Gasteiger partial charge in [0.05, 0.1) is 28.4 Å². The van der Waals surface area contributed by atoms with Gasteiger partial charge in [0.15, 0.2) is 0 Å². The SMILES string of the molecule is O=S(=O)(Nc1cnccc1C(F)(F)F)c1ccc(-c2ccc3c(c2)CC[C@H](CNC[C@H](O)c2cccnc2)O3)cc1. The first-order chi connectivity index (χ1) is 19.6. The molecular weight excluding hydrogens is 557 g/mol. The zero-order valence-electron chi connectivity index (χ0n) is 21.7. The molecule has 12 heteroatoms. The molecule has 0 aliphatic carbocycles. The Labute approximate surface area is 235 Å². The molecule has 3 heterocycles. The number of alkyl halides is 3. The third-order valence-electron chi connectivity index (χ3n) is 6.74. The van der Waals surface area contributed by atoms with Crippen molar-refractivity contribution in [2.24, 2.45) is 0 Å². The summed E-state index contributed by atoms with van der Waals surface area (Å²) in [5, 5.41) is 13.5. The van der Waals surface area contributed by atoms with Gasteiger partial charge in [0.1, 0.15) is 11.9 Å². The van der Waals surface area contributed by atoms with E-state index in [1.807, 2.05) is 29.0 Å². The average Bonchev–Trinajstić information content (AvgIpc) is 2.97. The minimum Gasteiger partial charge on any atom is -0.489 e. The van der Waals surface area contributed by atoms with Crippen LogP contribution in [0.5, 0.6) is 5.75 Å². The van der Waals surface area contributed by atoms with Gasteiger partial charge < -0.3 is 15.2 Å². The molecule has 2 atom stereocenters. The minimum absolute atomic E-state index is 0.0517. The van der Waals surface area contributed by atoms with Crippen LogP contribution in [-0.2, 0) is 22.6 Å². The Morgan fingerprint density at radius 3 is 2.49 bits per heavy atom. The largest absolute Gasteiger partial charge is 0.489 e. The number of sulfonamides is 1. The number of hydrogen-bond donors (Lipinski definition) is 3. The van der Waals surface area contributed by atoms with Crippen LogP contribution in [0.1, 0.15) is 29.2 Å². The van der Waals surface area contributed by atoms with Gasteiger partial charge in [-0.3, -0.25) is 14.7 Å². The fourth-order valence-electron chi connectivity index (χ4n) is 4.59. The summed E-state index contributed by atoms with van der Waals surface area (Å²) in [6.07, 6.45) is 1.19. The maximum Gasteiger partial charge on any atom is 0.418 e. The molecule has 0 spiro atoms. The first-order valence-electron chi connectivity index (χ1n) is 12.8. The summed E-state index contributed by atoms with van der Waals surface area (Å²) in [5.74, 6) is 0.764. The first-order valence-corrected chi connectivity index (χ1v) is 14.3. The van der Waals surface area contributed by atoms with E-state index < -0.39 is 33.6 Å². The molecule has 0 saturated carbocycles. The Morgan fingerprint density at radius 1 is 1.00 bits per heavy atom. The number of nitrogens with zero attached hydrogens (tertiary/aromatic N) is 2. The number of nitrogens with one attached hydrogen (secondary N) is 2. The molecule has 0 radical (unpaired) electrons. The molecule has 1 aliphatic rings. The zero-order chi connectivity index (χ0) is 29.0. The van der Waals surface area contributed by atoms with Crippen molar-refractivity contribution in [3.63, 3.8) is 0 Å². The molecule has 0 fully saturated rings. The summed E-state index contributed by atoms with van der Waals surface area (Å²) < 4.78 is 73.5. The topological polar surface area (TPSA) is 113 Å². The molecule has 0 saturated heterocycles. The van der Waals surface area contributed by atoms with Crippen LogP contribution in [0.25, 0.3) is 11.1 Å². The van der Waals surface area contributed by atoms with Gasteiger partial charge in [-0.1, -0.05) is 24.3 Å². The highest BCUT2D eigenvalue weighted by molar-refractivity contribution is 7.92. The number of pyridine rings is 2. The van der Waals surface area contributed by atoms with Crippen LogP contribution in [0.4, 0.5) is 18.9 Å². The van der Waals surface area contributed by atoms with Crippen LogP contribution in [-0.4, -0.2) is 42.7 Å². The van der Waals surface area contributed by atoms with E-state index in [2.05, 4.69) is 15.3 Å². The Balaban J connectivity index is 1.21. The van der Waals surface area contributed by atoms with E-state index in [1.54, 1.807) is 30.6 Å². The molecule has 0 unspecified atom stereocenters. The van der Waals surface area contributed by atoms with Crippen LogP contribution in [0.2, 0.25) is 0 Å². The third kappa shape index (κ3) is 6.84. The van der Waals surface area contributed by atoms with Gasteiger partial charge in [-0.15, -0.1) is 0 Å². The molecule has 2 aromatic carbocycles. The maximum atomic E-state index is 13.3. The lowest BCUT2D eigenvalue weighted by Gasteiger charge is -2.27. The number of anilines is 1. The van der Waals surface area contributed by atoms with Gasteiger partial charge in [0.25, 0.3) is 10.0 Å². The highest BCUT2D eigenvalue weighted by atomic mass is 32.2. The number of ether oxygens (including phenoxy) is 1. The second kappa shape index (κ2) is 11.9. The Bertz CT molecular complexity index is 1600. The van der Waals surface area contributed by atoms with E-state index in [4.69, 9.17) is 4.74 Å². The van der Waals surface area contributed by atoms with Gasteiger partial charge in [-0.2, -0.15) is 13.2 Å². The number of aryl methyl sites for hydroxylation is 1. The summed E-state index contributed by atoms with van der Waals surface area (Å²) in [6, 6.07) is 15.9. The fraction of sp³-hybridized carbons (Fsp3) is 0.241. The normalized spacial score (nSPS) is 16.0. The van der Waals surface area contributed by atoms with E-state index in [0.29, 0.717) is 19.2 Å². The van der Waals surface area contributed by atoms with Crippen molar-refractivity contribution in [1.29, 1.82) is 0 Å². The number of aliphatic hydroxyl groups is 1. The molecule has 2 aromatic heterocycles. The van der Waals surface area contributed by atoms with E-state index in [1.165, 1.54) is 12.1 Å². The molecule has 8 nitrogen and oxygen atoms in total. The lowest BCUT2D eigenvalue weighted by atomic mass is 9.97. The van der Waals surface area contributed by atoms with Crippen LogP contribution in [0, 0.1) is 0 Å². The van der Waals surface area contributed by atoms with E-state index in [0.717, 1.165) is 53.2 Å². The summed E-state index contributed by atoms with van der Waals surface area (Å²) in [7, 11) is -4.28. The number of aliphatic hydroxyl groups excluding tert-OH is 1. The molecule has 0 amide bonds. The maximum absolute atomic E-state index is 13.3. The molecule has 1 aliphatic heterocycles. The van der Waals surface area contributed by atoms with Crippen LogP contribution >= 0.6 is 0 Å². The van der Waals surface area contributed by atoms with Crippen molar-refractivity contribution in [2.45, 2.75) is 36.1 Å². The van der Waals surface area contributed by atoms with Gasteiger partial charge >= 0.3 is 6.18 Å². The standard InChI is InChI=1S/C29H27F3N4O4S/c30-29(31,32)25-11-13-34-17-26(25)36-41(38,39)24-8-4-19(5-9-24)20-6-10-28-21(14-20)3-7-23(40-28)16-35-18-27(37)22-2-1-12-33-15-22/h1-2,4-6,8-15,17,23,27,35-37H,3,7,16,18H2/t23-,27+/m1/s1. The minimum atomic E-state index is -4.74. The van der Waals surface area contributed by atoms with Crippen LogP contribution in [0.3, 0.4) is 0 Å². The quantitative estimate of drug-likeness (QED) is 0.254. The number of halogens is 3. The van der Waals surface area contributed by atoms with Gasteiger partial charge in [-0.25, -0.2) is 8.42 Å². The first kappa shape index (κ1) is 28.5. The van der Waals surface area contributed by atoms with Crippen molar-refractivity contribution in [3.05, 3.63) is 102 Å². The Kier molecular flexibility index (Phi) is 8.25. The predicted molar refractivity (Wildman–Crippen MR) is 147 cm³/mol. The van der Waals surface area contributed by atoms with Gasteiger partial charge in [-0.05, 0) is 65.9 Å². The monoisotopic (exact) mass is 584 g/mol. The van der Waals surface area contributed by atoms with Gasteiger partial charge in [0.2, 0.25) is 0 Å². The van der Waals surface area contributed by atoms with E-state index in [9.17, 15) is 26.7 Å². The number of rotatable bonds is 9. The van der Waals surface area contributed by atoms with E-state index >= 15 is 0 Å². The summed E-state index contributed by atoms with van der Waals surface area (Å²) in [5.41, 5.74) is 1.60.